The van der Waals surface area contributed by atoms with Gasteiger partial charge in [0.05, 0.1) is 30.1 Å². The number of hydrogen-bond acceptors (Lipinski definition) is 5. The van der Waals surface area contributed by atoms with Gasteiger partial charge in [-0.05, 0) is 35.9 Å². The van der Waals surface area contributed by atoms with E-state index in [9.17, 15) is 9.59 Å². The number of anilines is 1. The number of carbonyl (C=O) groups is 2. The molecule has 2 aromatic carbocycles. The Kier molecular flexibility index (Phi) is 6.41. The van der Waals surface area contributed by atoms with Gasteiger partial charge in [0.2, 0.25) is 5.91 Å². The molecule has 0 aliphatic heterocycles. The van der Waals surface area contributed by atoms with E-state index in [0.717, 1.165) is 5.56 Å². The van der Waals surface area contributed by atoms with E-state index in [2.05, 4.69) is 16.1 Å². The number of methoxy groups -OCH3 is 1. The Labute approximate surface area is 144 Å². The summed E-state index contributed by atoms with van der Waals surface area (Å²) in [5.74, 6) is 0.390. The third-order valence-electron chi connectivity index (χ3n) is 3.15. The lowest BCUT2D eigenvalue weighted by molar-refractivity contribution is -0.113. The minimum Gasteiger partial charge on any atom is -0.465 e. The van der Waals surface area contributed by atoms with Gasteiger partial charge in [-0.1, -0.05) is 18.2 Å². The lowest BCUT2D eigenvalue weighted by Gasteiger charge is -2.07. The second-order valence-corrected chi connectivity index (χ2v) is 5.91. The van der Waals surface area contributed by atoms with Crippen molar-refractivity contribution in [3.63, 3.8) is 0 Å². The molecule has 2 rings (SSSR count). The predicted octanol–water partition coefficient (Wildman–Crippen LogP) is 3.22. The fourth-order valence-electron chi connectivity index (χ4n) is 1.98. The van der Waals surface area contributed by atoms with Crippen LogP contribution >= 0.6 is 11.8 Å². The first-order chi connectivity index (χ1) is 11.6. The number of nitrogens with one attached hydrogen (secondary N) is 1. The summed E-state index contributed by atoms with van der Waals surface area (Å²) in [6.45, 7) is 0. The third-order valence-corrected chi connectivity index (χ3v) is 4.16. The predicted molar refractivity (Wildman–Crippen MR) is 93.7 cm³/mol. The minimum absolute atomic E-state index is 0.143. The summed E-state index contributed by atoms with van der Waals surface area (Å²) in [4.78, 5) is 23.4. The molecule has 5 nitrogen and oxygen atoms in total. The summed E-state index contributed by atoms with van der Waals surface area (Å²) in [5.41, 5.74) is 2.62. The Morgan fingerprint density at radius 2 is 1.96 bits per heavy atom. The maximum absolute atomic E-state index is 12.0. The average Bonchev–Trinajstić information content (AvgIpc) is 2.61. The van der Waals surface area contributed by atoms with Crippen LogP contribution in [0.5, 0.6) is 0 Å². The van der Waals surface area contributed by atoms with Gasteiger partial charge in [0.1, 0.15) is 0 Å². The van der Waals surface area contributed by atoms with Crippen molar-refractivity contribution in [1.29, 1.82) is 5.26 Å². The van der Waals surface area contributed by atoms with E-state index in [0.29, 0.717) is 28.3 Å². The Hall–Kier alpha value is -2.78. The Morgan fingerprint density at radius 1 is 1.21 bits per heavy atom. The topological polar surface area (TPSA) is 79.2 Å². The van der Waals surface area contributed by atoms with Crippen LogP contribution in [0.1, 0.15) is 21.5 Å². The van der Waals surface area contributed by atoms with Crippen LogP contribution in [0.4, 0.5) is 5.69 Å². The normalized spacial score (nSPS) is 9.83. The van der Waals surface area contributed by atoms with E-state index >= 15 is 0 Å². The highest BCUT2D eigenvalue weighted by Gasteiger charge is 2.08. The highest BCUT2D eigenvalue weighted by atomic mass is 32.2. The van der Waals surface area contributed by atoms with Gasteiger partial charge in [0, 0.05) is 11.4 Å². The molecular weight excluding hydrogens is 324 g/mol. The standard InChI is InChI=1S/C18H16N2O3S/c1-23-18(22)15-3-2-4-16(9-15)20-17(21)12-24-11-14-7-5-13(10-19)6-8-14/h2-9H,11-12H2,1H3,(H,20,21). The van der Waals surface area contributed by atoms with Crippen LogP contribution < -0.4 is 5.32 Å². The molecule has 0 saturated heterocycles. The molecule has 0 aliphatic carbocycles. The number of hydrogen-bond donors (Lipinski definition) is 1. The van der Waals surface area contributed by atoms with Crippen LogP contribution in [0.15, 0.2) is 48.5 Å². The Bertz CT molecular complexity index is 767. The van der Waals surface area contributed by atoms with Crippen molar-refractivity contribution in [2.45, 2.75) is 5.75 Å². The summed E-state index contributed by atoms with van der Waals surface area (Å²) in [7, 11) is 1.31. The Morgan fingerprint density at radius 3 is 2.62 bits per heavy atom. The number of amides is 1. The van der Waals surface area contributed by atoms with E-state index in [1.54, 1.807) is 36.4 Å². The Balaban J connectivity index is 1.83. The molecule has 24 heavy (non-hydrogen) atoms. The second-order valence-electron chi connectivity index (χ2n) is 4.92. The third kappa shape index (κ3) is 5.14. The van der Waals surface area contributed by atoms with Crippen molar-refractivity contribution in [2.75, 3.05) is 18.2 Å². The molecule has 0 saturated carbocycles. The minimum atomic E-state index is -0.443. The number of nitriles is 1. The number of carbonyl (C=O) groups excluding carboxylic acids is 2. The van der Waals surface area contributed by atoms with Gasteiger partial charge >= 0.3 is 5.97 Å². The average molecular weight is 340 g/mol. The van der Waals surface area contributed by atoms with Gasteiger partial charge in [0.25, 0.3) is 0 Å². The monoisotopic (exact) mass is 340 g/mol. The van der Waals surface area contributed by atoms with Crippen molar-refractivity contribution in [3.8, 4) is 6.07 Å². The molecule has 0 radical (unpaired) electrons. The molecule has 0 fully saturated rings. The van der Waals surface area contributed by atoms with Crippen LogP contribution in [0.25, 0.3) is 0 Å². The highest BCUT2D eigenvalue weighted by molar-refractivity contribution is 7.99. The van der Waals surface area contributed by atoms with Crippen molar-refractivity contribution in [2.24, 2.45) is 0 Å². The van der Waals surface area contributed by atoms with E-state index in [1.165, 1.54) is 18.9 Å². The number of nitrogens with zero attached hydrogens (tertiary/aromatic N) is 1. The molecule has 122 valence electrons. The number of rotatable bonds is 6. The summed E-state index contributed by atoms with van der Waals surface area (Å²) in [6, 6.07) is 16.0. The van der Waals surface area contributed by atoms with Crippen molar-refractivity contribution in [1.82, 2.24) is 0 Å². The fraction of sp³-hybridized carbons (Fsp3) is 0.167. The molecular formula is C18H16N2O3S. The lowest BCUT2D eigenvalue weighted by Crippen LogP contribution is -2.14. The van der Waals surface area contributed by atoms with Crippen LogP contribution in [0.2, 0.25) is 0 Å². The van der Waals surface area contributed by atoms with Gasteiger partial charge < -0.3 is 10.1 Å². The quantitative estimate of drug-likeness (QED) is 0.817. The second kappa shape index (κ2) is 8.75. The van der Waals surface area contributed by atoms with Crippen molar-refractivity contribution >= 4 is 29.3 Å². The molecule has 0 heterocycles. The zero-order valence-electron chi connectivity index (χ0n) is 13.1. The van der Waals surface area contributed by atoms with Gasteiger partial charge in [-0.15, -0.1) is 11.8 Å². The summed E-state index contributed by atoms with van der Waals surface area (Å²) < 4.78 is 4.65. The van der Waals surface area contributed by atoms with E-state index in [-0.39, 0.29) is 5.91 Å². The summed E-state index contributed by atoms with van der Waals surface area (Å²) >= 11 is 1.48. The smallest absolute Gasteiger partial charge is 0.337 e. The van der Waals surface area contributed by atoms with Gasteiger partial charge in [-0.3, -0.25) is 4.79 Å². The first kappa shape index (κ1) is 17.6. The lowest BCUT2D eigenvalue weighted by atomic mass is 10.2. The van der Waals surface area contributed by atoms with Gasteiger partial charge in [0.15, 0.2) is 0 Å². The molecule has 0 aliphatic rings. The van der Waals surface area contributed by atoms with E-state index in [1.807, 2.05) is 12.1 Å². The maximum atomic E-state index is 12.0. The fourth-order valence-corrected chi connectivity index (χ4v) is 2.76. The summed E-state index contributed by atoms with van der Waals surface area (Å²) in [6.07, 6.45) is 0. The molecule has 0 atom stereocenters. The number of esters is 1. The number of ether oxygens (including phenoxy) is 1. The molecule has 0 spiro atoms. The van der Waals surface area contributed by atoms with E-state index in [4.69, 9.17) is 5.26 Å². The highest BCUT2D eigenvalue weighted by Crippen LogP contribution is 2.15. The summed E-state index contributed by atoms with van der Waals surface area (Å²) in [5, 5.41) is 11.5. The molecule has 1 N–H and O–H groups in total. The van der Waals surface area contributed by atoms with Crippen LogP contribution in [-0.4, -0.2) is 24.7 Å². The number of thioether (sulfide) groups is 1. The number of benzene rings is 2. The van der Waals surface area contributed by atoms with Gasteiger partial charge in [-0.2, -0.15) is 5.26 Å². The SMILES string of the molecule is COC(=O)c1cccc(NC(=O)CSCc2ccc(C#N)cc2)c1. The van der Waals surface area contributed by atoms with E-state index < -0.39 is 5.97 Å². The molecule has 1 amide bonds. The molecule has 0 bridgehead atoms. The first-order valence-corrected chi connectivity index (χ1v) is 8.33. The van der Waals surface area contributed by atoms with Crippen molar-refractivity contribution in [3.05, 3.63) is 65.2 Å². The van der Waals surface area contributed by atoms with Gasteiger partial charge in [-0.25, -0.2) is 4.79 Å². The zero-order chi connectivity index (χ0) is 17.4. The van der Waals surface area contributed by atoms with Crippen molar-refractivity contribution < 1.29 is 14.3 Å². The van der Waals surface area contributed by atoms with Crippen LogP contribution in [0.3, 0.4) is 0 Å². The van der Waals surface area contributed by atoms with Crippen LogP contribution in [0, 0.1) is 11.3 Å². The molecule has 6 heteroatoms. The molecule has 0 unspecified atom stereocenters. The largest absolute Gasteiger partial charge is 0.465 e. The first-order valence-electron chi connectivity index (χ1n) is 7.17. The maximum Gasteiger partial charge on any atom is 0.337 e. The van der Waals surface area contributed by atoms with Crippen LogP contribution in [-0.2, 0) is 15.3 Å². The zero-order valence-corrected chi connectivity index (χ0v) is 13.9. The molecule has 0 aromatic heterocycles. The molecule has 2 aromatic rings.